The molecule has 3 heterocycles. The molecule has 3 aliphatic rings. The summed E-state index contributed by atoms with van der Waals surface area (Å²) in [7, 11) is 0. The molecule has 0 aliphatic carbocycles. The first-order valence-electron chi connectivity index (χ1n) is 9.99. The third-order valence-electron chi connectivity index (χ3n) is 6.07. The largest absolute Gasteiger partial charge is 0.488 e. The molecule has 1 aromatic rings. The summed E-state index contributed by atoms with van der Waals surface area (Å²) in [5, 5.41) is 0. The Labute approximate surface area is 156 Å². The Balaban J connectivity index is 1.47. The Kier molecular flexibility index (Phi) is 5.46. The lowest BCUT2D eigenvalue weighted by molar-refractivity contribution is -0.130. The van der Waals surface area contributed by atoms with Crippen LogP contribution in [0.4, 0.5) is 0 Å². The molecule has 2 fully saturated rings. The van der Waals surface area contributed by atoms with Crippen LogP contribution >= 0.6 is 0 Å². The van der Waals surface area contributed by atoms with Crippen LogP contribution in [0.2, 0.25) is 0 Å². The van der Waals surface area contributed by atoms with Crippen molar-refractivity contribution in [3.8, 4) is 5.75 Å². The lowest BCUT2D eigenvalue weighted by Crippen LogP contribution is -2.47. The van der Waals surface area contributed by atoms with Crippen LogP contribution in [0.3, 0.4) is 0 Å². The summed E-state index contributed by atoms with van der Waals surface area (Å²) >= 11 is 0. The summed E-state index contributed by atoms with van der Waals surface area (Å²) < 4.78 is 12.0. The summed E-state index contributed by atoms with van der Waals surface area (Å²) in [5.41, 5.74) is 1.11. The lowest BCUT2D eigenvalue weighted by Gasteiger charge is -2.38. The van der Waals surface area contributed by atoms with E-state index in [0.29, 0.717) is 24.9 Å². The van der Waals surface area contributed by atoms with Crippen LogP contribution in [0.25, 0.3) is 0 Å². The maximum absolute atomic E-state index is 12.1. The number of likely N-dealkylation sites (tertiary alicyclic amines) is 1. The van der Waals surface area contributed by atoms with E-state index in [1.54, 1.807) is 6.92 Å². The van der Waals surface area contributed by atoms with Gasteiger partial charge in [0, 0.05) is 44.6 Å². The minimum atomic E-state index is 0.0742. The van der Waals surface area contributed by atoms with Crippen molar-refractivity contribution >= 4 is 5.91 Å². The van der Waals surface area contributed by atoms with Crippen molar-refractivity contribution in [2.24, 2.45) is 11.8 Å². The Morgan fingerprint density at radius 1 is 1.23 bits per heavy atom. The van der Waals surface area contributed by atoms with Gasteiger partial charge in [-0.15, -0.1) is 0 Å². The number of fused-ring (bicyclic) bond motifs is 1. The maximum atomic E-state index is 12.1. The van der Waals surface area contributed by atoms with Crippen molar-refractivity contribution in [1.82, 2.24) is 9.80 Å². The molecule has 3 aliphatic heterocycles. The van der Waals surface area contributed by atoms with E-state index in [4.69, 9.17) is 9.47 Å². The third-order valence-corrected chi connectivity index (χ3v) is 6.07. The molecule has 26 heavy (non-hydrogen) atoms. The molecule has 0 bridgehead atoms. The summed E-state index contributed by atoms with van der Waals surface area (Å²) in [6, 6.07) is 8.16. The quantitative estimate of drug-likeness (QED) is 0.833. The molecule has 0 aromatic heterocycles. The molecule has 0 N–H and O–H groups in total. The van der Waals surface area contributed by atoms with E-state index in [0.717, 1.165) is 37.6 Å². The fourth-order valence-electron chi connectivity index (χ4n) is 4.58. The van der Waals surface area contributed by atoms with E-state index >= 15 is 0 Å². The average Bonchev–Trinajstić information content (AvgIpc) is 3.06. The second-order valence-electron chi connectivity index (χ2n) is 8.06. The lowest BCUT2D eigenvalue weighted by atomic mass is 9.91. The second-order valence-corrected chi connectivity index (χ2v) is 8.06. The number of amides is 1. The molecule has 0 unspecified atom stereocenters. The van der Waals surface area contributed by atoms with E-state index in [1.807, 2.05) is 23.1 Å². The van der Waals surface area contributed by atoms with Crippen molar-refractivity contribution in [3.63, 3.8) is 0 Å². The van der Waals surface area contributed by atoms with Gasteiger partial charge in [0.25, 0.3) is 0 Å². The number of benzene rings is 1. The molecule has 5 nitrogen and oxygen atoms in total. The van der Waals surface area contributed by atoms with Crippen LogP contribution in [-0.4, -0.2) is 61.2 Å². The van der Waals surface area contributed by atoms with Crippen LogP contribution in [0.15, 0.2) is 24.3 Å². The van der Waals surface area contributed by atoms with E-state index in [-0.39, 0.29) is 12.0 Å². The Morgan fingerprint density at radius 2 is 2.12 bits per heavy atom. The Morgan fingerprint density at radius 3 is 2.92 bits per heavy atom. The fourth-order valence-corrected chi connectivity index (χ4v) is 4.58. The van der Waals surface area contributed by atoms with Crippen molar-refractivity contribution in [1.29, 1.82) is 0 Å². The smallest absolute Gasteiger partial charge is 0.219 e. The zero-order chi connectivity index (χ0) is 17.9. The minimum Gasteiger partial charge on any atom is -0.488 e. The monoisotopic (exact) mass is 358 g/mol. The SMILES string of the molecule is CC(=O)N1Cc2ccccc2O[C@H]([C@H]2CCCN(C[C@H]3CCOC3)C2)C1. The van der Waals surface area contributed by atoms with Gasteiger partial charge in [0.15, 0.2) is 0 Å². The molecule has 0 radical (unpaired) electrons. The average molecular weight is 358 g/mol. The molecule has 0 saturated carbocycles. The first kappa shape index (κ1) is 17.8. The number of nitrogens with zero attached hydrogens (tertiary/aromatic N) is 2. The van der Waals surface area contributed by atoms with Gasteiger partial charge in [0.2, 0.25) is 5.91 Å². The highest BCUT2D eigenvalue weighted by atomic mass is 16.5. The molecule has 4 rings (SSSR count). The summed E-state index contributed by atoms with van der Waals surface area (Å²) in [4.78, 5) is 16.7. The number of ether oxygens (including phenoxy) is 2. The number of piperidine rings is 1. The van der Waals surface area contributed by atoms with Crippen molar-refractivity contribution in [3.05, 3.63) is 29.8 Å². The zero-order valence-corrected chi connectivity index (χ0v) is 15.7. The molecule has 1 amide bonds. The van der Waals surface area contributed by atoms with Crippen LogP contribution in [0.1, 0.15) is 31.7 Å². The van der Waals surface area contributed by atoms with Crippen molar-refractivity contribution < 1.29 is 14.3 Å². The molecule has 5 heteroatoms. The molecular weight excluding hydrogens is 328 g/mol. The van der Waals surface area contributed by atoms with Gasteiger partial charge < -0.3 is 19.3 Å². The van der Waals surface area contributed by atoms with Crippen LogP contribution in [0, 0.1) is 11.8 Å². The second kappa shape index (κ2) is 7.97. The fraction of sp³-hybridized carbons (Fsp3) is 0.667. The molecule has 0 spiro atoms. The summed E-state index contributed by atoms with van der Waals surface area (Å²) in [5.74, 6) is 2.23. The van der Waals surface area contributed by atoms with E-state index < -0.39 is 0 Å². The van der Waals surface area contributed by atoms with E-state index in [9.17, 15) is 4.79 Å². The van der Waals surface area contributed by atoms with Gasteiger partial charge in [0.1, 0.15) is 11.9 Å². The Bertz CT molecular complexity index is 629. The van der Waals surface area contributed by atoms with Gasteiger partial charge in [-0.25, -0.2) is 0 Å². The predicted molar refractivity (Wildman–Crippen MR) is 100 cm³/mol. The predicted octanol–water partition coefficient (Wildman–Crippen LogP) is 2.54. The van der Waals surface area contributed by atoms with Crippen LogP contribution in [-0.2, 0) is 16.1 Å². The molecule has 3 atom stereocenters. The first-order chi connectivity index (χ1) is 12.7. The highest BCUT2D eigenvalue weighted by Gasteiger charge is 2.34. The number of carbonyl (C=O) groups is 1. The van der Waals surface area contributed by atoms with Gasteiger partial charge in [0.05, 0.1) is 13.2 Å². The highest BCUT2D eigenvalue weighted by Crippen LogP contribution is 2.31. The minimum absolute atomic E-state index is 0.0742. The zero-order valence-electron chi connectivity index (χ0n) is 15.7. The maximum Gasteiger partial charge on any atom is 0.219 e. The number of rotatable bonds is 3. The number of hydrogen-bond donors (Lipinski definition) is 0. The van der Waals surface area contributed by atoms with E-state index in [1.165, 1.54) is 25.8 Å². The molecule has 142 valence electrons. The Hall–Kier alpha value is -1.59. The van der Waals surface area contributed by atoms with Crippen molar-refractivity contribution in [2.75, 3.05) is 39.4 Å². The highest BCUT2D eigenvalue weighted by molar-refractivity contribution is 5.73. The molecule has 2 saturated heterocycles. The standard InChI is InChI=1S/C21H30N2O3/c1-16(24)23-13-19-5-2-3-7-20(19)26-21(14-23)18-6-4-9-22(12-18)11-17-8-10-25-15-17/h2-3,5,7,17-18,21H,4,6,8-15H2,1H3/t17-,18+,21+/m1/s1. The van der Waals surface area contributed by atoms with Gasteiger partial charge in [-0.1, -0.05) is 18.2 Å². The van der Waals surface area contributed by atoms with Gasteiger partial charge in [-0.2, -0.15) is 0 Å². The molecular formula is C21H30N2O3. The first-order valence-corrected chi connectivity index (χ1v) is 9.99. The van der Waals surface area contributed by atoms with Crippen molar-refractivity contribution in [2.45, 2.75) is 38.8 Å². The summed E-state index contributed by atoms with van der Waals surface area (Å²) in [6.45, 7) is 8.20. The number of hydrogen-bond acceptors (Lipinski definition) is 4. The van der Waals surface area contributed by atoms with Gasteiger partial charge >= 0.3 is 0 Å². The summed E-state index contributed by atoms with van der Waals surface area (Å²) in [6.07, 6.45) is 3.65. The number of carbonyl (C=O) groups excluding carboxylic acids is 1. The normalized spacial score (nSPS) is 29.7. The van der Waals surface area contributed by atoms with E-state index in [2.05, 4.69) is 11.0 Å². The topological polar surface area (TPSA) is 42.0 Å². The van der Waals surface area contributed by atoms with Crippen LogP contribution in [0.5, 0.6) is 5.75 Å². The van der Waals surface area contributed by atoms with Gasteiger partial charge in [-0.05, 0) is 37.8 Å². The van der Waals surface area contributed by atoms with Crippen LogP contribution < -0.4 is 4.74 Å². The molecule has 1 aromatic carbocycles. The third kappa shape index (κ3) is 4.04. The van der Waals surface area contributed by atoms with Gasteiger partial charge in [-0.3, -0.25) is 4.79 Å². The number of para-hydroxylation sites is 1.